The van der Waals surface area contributed by atoms with Crippen LogP contribution in [0.4, 0.5) is 31.1 Å². The summed E-state index contributed by atoms with van der Waals surface area (Å²) in [6.45, 7) is 0. The molecule has 0 bridgehead atoms. The largest absolute Gasteiger partial charge is 0.434 e. The molecule has 0 aliphatic heterocycles. The monoisotopic (exact) mass is 240 g/mol. The van der Waals surface area contributed by atoms with Gasteiger partial charge in [0.2, 0.25) is 0 Å². The van der Waals surface area contributed by atoms with Crippen LogP contribution in [0.25, 0.3) is 0 Å². The minimum Gasteiger partial charge on any atom is -0.426 e. The van der Waals surface area contributed by atoms with Crippen molar-refractivity contribution in [2.75, 3.05) is 7.05 Å². The van der Waals surface area contributed by atoms with Crippen molar-refractivity contribution in [1.29, 1.82) is 0 Å². The predicted octanol–water partition coefficient (Wildman–Crippen LogP) is 1.42. The van der Waals surface area contributed by atoms with E-state index in [9.17, 15) is 31.1 Å². The van der Waals surface area contributed by atoms with Gasteiger partial charge in [0.05, 0.1) is 0 Å². The van der Waals surface area contributed by atoms with Crippen molar-refractivity contribution < 1.29 is 35.9 Å². The highest BCUT2D eigenvalue weighted by Crippen LogP contribution is 2.35. The summed E-state index contributed by atoms with van der Waals surface area (Å²) in [5.74, 6) is 4.59. The third kappa shape index (κ3) is 4.23. The van der Waals surface area contributed by atoms with E-state index in [-0.39, 0.29) is 5.01 Å². The molecule has 90 valence electrons. The van der Waals surface area contributed by atoms with Gasteiger partial charge in [-0.3, -0.25) is 0 Å². The van der Waals surface area contributed by atoms with Gasteiger partial charge in [0, 0.05) is 7.05 Å². The number of hydrogen-bond acceptors (Lipinski definition) is 3. The quantitative estimate of drug-likeness (QED) is 0.326. The smallest absolute Gasteiger partial charge is 0.426 e. The van der Waals surface area contributed by atoms with E-state index in [2.05, 4.69) is 10.6 Å². The highest BCUT2D eigenvalue weighted by atomic mass is 19.4. The molecule has 0 radical (unpaired) electrons. The van der Waals surface area contributed by atoms with Crippen molar-refractivity contribution >= 4 is 6.09 Å². The maximum Gasteiger partial charge on any atom is 0.434 e. The number of nitrogens with two attached hydrogens (primary N) is 1. The van der Waals surface area contributed by atoms with E-state index in [4.69, 9.17) is 0 Å². The van der Waals surface area contributed by atoms with Crippen LogP contribution in [0.15, 0.2) is 0 Å². The highest BCUT2D eigenvalue weighted by Gasteiger charge is 2.60. The first kappa shape index (κ1) is 13.8. The average molecular weight is 240 g/mol. The van der Waals surface area contributed by atoms with E-state index >= 15 is 0 Å². The number of carbonyl (C=O) groups is 1. The molecule has 0 aromatic carbocycles. The molecule has 0 saturated heterocycles. The number of rotatable bonds is 1. The maximum atomic E-state index is 11.8. The lowest BCUT2D eigenvalue weighted by atomic mass is 10.3. The molecule has 15 heavy (non-hydrogen) atoms. The third-order valence-electron chi connectivity index (χ3n) is 1.10. The third-order valence-corrected chi connectivity index (χ3v) is 1.10. The van der Waals surface area contributed by atoms with E-state index in [1.54, 1.807) is 0 Å². The van der Waals surface area contributed by atoms with E-state index in [0.717, 1.165) is 7.05 Å². The second-order valence-corrected chi connectivity index (χ2v) is 2.46. The standard InChI is InChI=1S/C5H6F6N2O2/c1-13(12)3(14)15-2(4(6,7)8)5(9,10)11/h2H,12H2,1H3. The fraction of sp³-hybridized carbons (Fsp3) is 0.800. The van der Waals surface area contributed by atoms with E-state index < -0.39 is 24.5 Å². The normalized spacial score (nSPS) is 12.9. The first-order valence-electron chi connectivity index (χ1n) is 3.28. The van der Waals surface area contributed by atoms with Crippen molar-refractivity contribution in [2.24, 2.45) is 5.84 Å². The van der Waals surface area contributed by atoms with Crippen molar-refractivity contribution in [1.82, 2.24) is 5.01 Å². The summed E-state index contributed by atoms with van der Waals surface area (Å²) in [5.41, 5.74) is 0. The molecular weight excluding hydrogens is 234 g/mol. The van der Waals surface area contributed by atoms with Gasteiger partial charge in [0.1, 0.15) is 0 Å². The Hall–Kier alpha value is -1.19. The minimum atomic E-state index is -5.73. The molecular formula is C5H6F6N2O2. The summed E-state index contributed by atoms with van der Waals surface area (Å²) in [4.78, 5) is 10.4. The van der Waals surface area contributed by atoms with Crippen LogP contribution in [-0.4, -0.2) is 36.6 Å². The van der Waals surface area contributed by atoms with Crippen molar-refractivity contribution in [3.63, 3.8) is 0 Å². The van der Waals surface area contributed by atoms with E-state index in [1.165, 1.54) is 0 Å². The predicted molar refractivity (Wildman–Crippen MR) is 34.3 cm³/mol. The molecule has 1 amide bonds. The molecule has 0 spiro atoms. The molecule has 0 aromatic heterocycles. The summed E-state index contributed by atoms with van der Waals surface area (Å²) >= 11 is 0. The van der Waals surface area contributed by atoms with Gasteiger partial charge < -0.3 is 4.74 Å². The molecule has 0 rings (SSSR count). The second kappa shape index (κ2) is 4.13. The molecule has 0 aromatic rings. The number of carbonyl (C=O) groups excluding carboxylic acids is 1. The van der Waals surface area contributed by atoms with Gasteiger partial charge in [-0.05, 0) is 0 Å². The van der Waals surface area contributed by atoms with Crippen molar-refractivity contribution in [2.45, 2.75) is 18.5 Å². The molecule has 0 unspecified atom stereocenters. The first-order valence-corrected chi connectivity index (χ1v) is 3.28. The average Bonchev–Trinajstić information content (AvgIpc) is 1.94. The number of nitrogens with zero attached hydrogens (tertiary/aromatic N) is 1. The fourth-order valence-corrected chi connectivity index (χ4v) is 0.503. The Kier molecular flexibility index (Phi) is 3.80. The van der Waals surface area contributed by atoms with Gasteiger partial charge in [-0.2, -0.15) is 26.3 Å². The zero-order chi connectivity index (χ0) is 12.4. The lowest BCUT2D eigenvalue weighted by Gasteiger charge is -2.23. The first-order chi connectivity index (χ1) is 6.46. The van der Waals surface area contributed by atoms with Crippen LogP contribution >= 0.6 is 0 Å². The molecule has 0 saturated carbocycles. The van der Waals surface area contributed by atoms with Crippen molar-refractivity contribution in [3.8, 4) is 0 Å². The van der Waals surface area contributed by atoms with Gasteiger partial charge in [0.25, 0.3) is 6.10 Å². The Bertz CT molecular complexity index is 221. The molecule has 4 nitrogen and oxygen atoms in total. The molecule has 0 fully saturated rings. The van der Waals surface area contributed by atoms with Crippen LogP contribution in [0.1, 0.15) is 0 Å². The number of hydrazine groups is 1. The zero-order valence-electron chi connectivity index (χ0n) is 7.19. The zero-order valence-corrected chi connectivity index (χ0v) is 7.19. The molecule has 0 aliphatic rings. The molecule has 10 heteroatoms. The highest BCUT2D eigenvalue weighted by molar-refractivity contribution is 5.66. The van der Waals surface area contributed by atoms with Crippen molar-refractivity contribution in [3.05, 3.63) is 0 Å². The summed E-state index contributed by atoms with van der Waals surface area (Å²) in [5, 5.41) is -0.0372. The van der Waals surface area contributed by atoms with Crippen LogP contribution in [0, 0.1) is 0 Å². The van der Waals surface area contributed by atoms with Gasteiger partial charge in [-0.1, -0.05) is 0 Å². The Morgan fingerprint density at radius 1 is 1.20 bits per heavy atom. The summed E-state index contributed by atoms with van der Waals surface area (Å²) in [6, 6.07) is 0. The van der Waals surface area contributed by atoms with Gasteiger partial charge >= 0.3 is 18.4 Å². The minimum absolute atomic E-state index is 0.0372. The number of amides is 1. The fourth-order valence-electron chi connectivity index (χ4n) is 0.503. The maximum absolute atomic E-state index is 11.8. The number of halogens is 6. The van der Waals surface area contributed by atoms with E-state index in [1.807, 2.05) is 0 Å². The second-order valence-electron chi connectivity index (χ2n) is 2.46. The summed E-state index contributed by atoms with van der Waals surface area (Å²) in [6.07, 6.45) is -17.6. The number of hydrogen-bond donors (Lipinski definition) is 1. The van der Waals surface area contributed by atoms with Crippen LogP contribution in [-0.2, 0) is 4.74 Å². The molecule has 0 atom stereocenters. The van der Waals surface area contributed by atoms with Gasteiger partial charge in [-0.25, -0.2) is 15.6 Å². The Morgan fingerprint density at radius 3 is 1.73 bits per heavy atom. The Morgan fingerprint density at radius 2 is 1.53 bits per heavy atom. The Balaban J connectivity index is 4.77. The Labute approximate surface area is 79.5 Å². The SMILES string of the molecule is CN(N)C(=O)OC(C(F)(F)F)C(F)(F)F. The summed E-state index contributed by atoms with van der Waals surface area (Å²) in [7, 11) is 0.742. The topological polar surface area (TPSA) is 55.6 Å². The summed E-state index contributed by atoms with van der Waals surface area (Å²) < 4.78 is 73.9. The lowest BCUT2D eigenvalue weighted by molar-refractivity contribution is -0.308. The number of ether oxygens (including phenoxy) is 1. The molecule has 0 heterocycles. The van der Waals surface area contributed by atoms with Crippen LogP contribution in [0.3, 0.4) is 0 Å². The number of alkyl halides is 6. The van der Waals surface area contributed by atoms with Crippen LogP contribution < -0.4 is 5.84 Å². The van der Waals surface area contributed by atoms with Gasteiger partial charge in [0.15, 0.2) is 0 Å². The lowest BCUT2D eigenvalue weighted by Crippen LogP contribution is -2.48. The molecule has 0 aliphatic carbocycles. The van der Waals surface area contributed by atoms with Crippen LogP contribution in [0.2, 0.25) is 0 Å². The molecule has 2 N–H and O–H groups in total. The van der Waals surface area contributed by atoms with E-state index in [0.29, 0.717) is 0 Å². The van der Waals surface area contributed by atoms with Gasteiger partial charge in [-0.15, -0.1) is 0 Å². The van der Waals surface area contributed by atoms with Crippen LogP contribution in [0.5, 0.6) is 0 Å².